The van der Waals surface area contributed by atoms with Gasteiger partial charge in [-0.1, -0.05) is 53.6 Å². The molecule has 4 rings (SSSR count). The molecule has 0 aliphatic carbocycles. The normalized spacial score (nSPS) is 15.9. The van der Waals surface area contributed by atoms with Crippen molar-refractivity contribution in [2.24, 2.45) is 5.10 Å². The summed E-state index contributed by atoms with van der Waals surface area (Å²) in [5, 5.41) is 6.84. The van der Waals surface area contributed by atoms with Crippen LogP contribution in [-0.4, -0.2) is 16.6 Å². The zero-order chi connectivity index (χ0) is 20.4. The van der Waals surface area contributed by atoms with Crippen LogP contribution in [0.3, 0.4) is 0 Å². The van der Waals surface area contributed by atoms with Crippen LogP contribution in [0.15, 0.2) is 77.9 Å². The number of hydrogen-bond acceptors (Lipinski definition) is 3. The number of amides is 1. The topological polar surface area (TPSA) is 41.9 Å². The van der Waals surface area contributed by atoms with Gasteiger partial charge in [-0.3, -0.25) is 4.79 Å². The van der Waals surface area contributed by atoms with Gasteiger partial charge in [0.1, 0.15) is 11.5 Å². The largest absolute Gasteiger partial charge is 0.457 e. The molecule has 0 saturated carbocycles. The Hall–Kier alpha value is -3.11. The number of hydrogen-bond donors (Lipinski definition) is 0. The molecule has 5 heteroatoms. The Kier molecular flexibility index (Phi) is 5.36. The third kappa shape index (κ3) is 4.33. The number of benzene rings is 3. The Bertz CT molecular complexity index is 1040. The second kappa shape index (κ2) is 8.10. The van der Waals surface area contributed by atoms with Crippen molar-refractivity contribution in [3.63, 3.8) is 0 Å². The van der Waals surface area contributed by atoms with Crippen LogP contribution in [0.2, 0.25) is 5.02 Å². The maximum absolute atomic E-state index is 12.2. The molecule has 1 unspecified atom stereocenters. The summed E-state index contributed by atoms with van der Waals surface area (Å²) in [5.74, 6) is 1.38. The molecule has 0 bridgehead atoms. The van der Waals surface area contributed by atoms with Gasteiger partial charge in [0.2, 0.25) is 5.91 Å². The van der Waals surface area contributed by atoms with E-state index in [2.05, 4.69) is 36.3 Å². The third-order valence-corrected chi connectivity index (χ3v) is 5.18. The lowest BCUT2D eigenvalue weighted by Gasteiger charge is -2.20. The first-order valence-corrected chi connectivity index (χ1v) is 9.85. The van der Waals surface area contributed by atoms with Crippen LogP contribution < -0.4 is 4.74 Å². The van der Waals surface area contributed by atoms with E-state index in [0.29, 0.717) is 11.4 Å². The van der Waals surface area contributed by atoms with Gasteiger partial charge in [-0.25, -0.2) is 5.01 Å². The summed E-state index contributed by atoms with van der Waals surface area (Å²) in [7, 11) is 0. The smallest absolute Gasteiger partial charge is 0.240 e. The number of rotatable bonds is 4. The number of halogens is 1. The molecule has 29 heavy (non-hydrogen) atoms. The van der Waals surface area contributed by atoms with Crippen LogP contribution in [0.5, 0.6) is 11.5 Å². The molecule has 0 N–H and O–H groups in total. The minimum Gasteiger partial charge on any atom is -0.457 e. The lowest BCUT2D eigenvalue weighted by atomic mass is 9.98. The maximum Gasteiger partial charge on any atom is 0.240 e. The van der Waals surface area contributed by atoms with E-state index in [1.807, 2.05) is 36.4 Å². The molecule has 0 fully saturated rings. The number of hydrazone groups is 1. The molecule has 0 spiro atoms. The van der Waals surface area contributed by atoms with E-state index in [-0.39, 0.29) is 11.9 Å². The van der Waals surface area contributed by atoms with Gasteiger partial charge in [-0.2, -0.15) is 5.10 Å². The standard InChI is InChI=1S/C24H21ClN2O2/c1-16-3-5-18(6-4-16)23-15-24(27(26-23)17(2)28)19-7-11-21(12-8-19)29-22-13-9-20(25)10-14-22/h3-14,24H,15H2,1-2H3. The van der Waals surface area contributed by atoms with Gasteiger partial charge in [0, 0.05) is 18.4 Å². The van der Waals surface area contributed by atoms with E-state index < -0.39 is 0 Å². The molecule has 1 aliphatic rings. The molecular weight excluding hydrogens is 384 g/mol. The first-order chi connectivity index (χ1) is 14.0. The van der Waals surface area contributed by atoms with Gasteiger partial charge in [0.15, 0.2) is 0 Å². The number of aryl methyl sites for hydroxylation is 1. The lowest BCUT2D eigenvalue weighted by molar-refractivity contribution is -0.130. The number of carbonyl (C=O) groups excluding carboxylic acids is 1. The Morgan fingerprint density at radius 1 is 0.966 bits per heavy atom. The molecule has 0 saturated heterocycles. The number of ether oxygens (including phenoxy) is 1. The zero-order valence-corrected chi connectivity index (χ0v) is 17.1. The van der Waals surface area contributed by atoms with Gasteiger partial charge in [-0.05, 0) is 54.4 Å². The lowest BCUT2D eigenvalue weighted by Crippen LogP contribution is -2.24. The molecular formula is C24H21ClN2O2. The van der Waals surface area contributed by atoms with Crippen LogP contribution in [0.4, 0.5) is 0 Å². The molecule has 1 heterocycles. The van der Waals surface area contributed by atoms with Crippen LogP contribution in [0.25, 0.3) is 0 Å². The molecule has 3 aromatic rings. The Balaban J connectivity index is 1.53. The molecule has 1 atom stereocenters. The summed E-state index contributed by atoms with van der Waals surface area (Å²) in [4.78, 5) is 12.2. The predicted octanol–water partition coefficient (Wildman–Crippen LogP) is 6.14. The average Bonchev–Trinajstić information content (AvgIpc) is 3.17. The van der Waals surface area contributed by atoms with E-state index >= 15 is 0 Å². The average molecular weight is 405 g/mol. The highest BCUT2D eigenvalue weighted by Crippen LogP contribution is 2.34. The van der Waals surface area contributed by atoms with Crippen molar-refractivity contribution in [3.05, 3.63) is 94.5 Å². The van der Waals surface area contributed by atoms with Gasteiger partial charge in [0.05, 0.1) is 11.8 Å². The van der Waals surface area contributed by atoms with Crippen molar-refractivity contribution in [3.8, 4) is 11.5 Å². The molecule has 4 nitrogen and oxygen atoms in total. The van der Waals surface area contributed by atoms with Crippen molar-refractivity contribution in [2.45, 2.75) is 26.3 Å². The monoisotopic (exact) mass is 404 g/mol. The van der Waals surface area contributed by atoms with Crippen LogP contribution in [0, 0.1) is 6.92 Å². The van der Waals surface area contributed by atoms with E-state index in [0.717, 1.165) is 28.3 Å². The first kappa shape index (κ1) is 19.2. The number of nitrogens with zero attached hydrogens (tertiary/aromatic N) is 2. The van der Waals surface area contributed by atoms with Crippen molar-refractivity contribution in [1.29, 1.82) is 0 Å². The van der Waals surface area contributed by atoms with Crippen LogP contribution in [-0.2, 0) is 4.79 Å². The highest BCUT2D eigenvalue weighted by molar-refractivity contribution is 6.30. The molecule has 3 aromatic carbocycles. The second-order valence-electron chi connectivity index (χ2n) is 7.12. The van der Waals surface area contributed by atoms with Crippen molar-refractivity contribution in [1.82, 2.24) is 5.01 Å². The summed E-state index contributed by atoms with van der Waals surface area (Å²) in [5.41, 5.74) is 4.19. The van der Waals surface area contributed by atoms with E-state index in [4.69, 9.17) is 16.3 Å². The predicted molar refractivity (Wildman–Crippen MR) is 116 cm³/mol. The van der Waals surface area contributed by atoms with E-state index in [1.165, 1.54) is 5.56 Å². The summed E-state index contributed by atoms with van der Waals surface area (Å²) < 4.78 is 5.86. The summed E-state index contributed by atoms with van der Waals surface area (Å²) >= 11 is 5.91. The van der Waals surface area contributed by atoms with Crippen molar-refractivity contribution < 1.29 is 9.53 Å². The highest BCUT2D eigenvalue weighted by atomic mass is 35.5. The molecule has 1 aliphatic heterocycles. The summed E-state index contributed by atoms with van der Waals surface area (Å²) in [6, 6.07) is 23.1. The fourth-order valence-electron chi connectivity index (χ4n) is 3.38. The molecule has 146 valence electrons. The maximum atomic E-state index is 12.2. The molecule has 1 amide bonds. The highest BCUT2D eigenvalue weighted by Gasteiger charge is 2.31. The summed E-state index contributed by atoms with van der Waals surface area (Å²) in [6.45, 7) is 3.60. The van der Waals surface area contributed by atoms with E-state index in [9.17, 15) is 4.79 Å². The Labute approximate surface area is 175 Å². The Morgan fingerprint density at radius 3 is 2.14 bits per heavy atom. The van der Waals surface area contributed by atoms with Gasteiger partial charge < -0.3 is 4.74 Å². The summed E-state index contributed by atoms with van der Waals surface area (Å²) in [6.07, 6.45) is 0.681. The molecule has 0 radical (unpaired) electrons. The Morgan fingerprint density at radius 2 is 1.55 bits per heavy atom. The van der Waals surface area contributed by atoms with Crippen molar-refractivity contribution >= 4 is 23.2 Å². The van der Waals surface area contributed by atoms with Gasteiger partial charge in [0.25, 0.3) is 0 Å². The number of carbonyl (C=O) groups is 1. The second-order valence-corrected chi connectivity index (χ2v) is 7.56. The van der Waals surface area contributed by atoms with Gasteiger partial charge in [-0.15, -0.1) is 0 Å². The van der Waals surface area contributed by atoms with Gasteiger partial charge >= 0.3 is 0 Å². The van der Waals surface area contributed by atoms with E-state index in [1.54, 1.807) is 24.1 Å². The van der Waals surface area contributed by atoms with Crippen molar-refractivity contribution in [2.75, 3.05) is 0 Å². The zero-order valence-electron chi connectivity index (χ0n) is 16.3. The minimum atomic E-state index is -0.117. The molecule has 0 aromatic heterocycles. The third-order valence-electron chi connectivity index (χ3n) is 4.93. The quantitative estimate of drug-likeness (QED) is 0.524. The SMILES string of the molecule is CC(=O)N1N=C(c2ccc(C)cc2)CC1c1ccc(Oc2ccc(Cl)cc2)cc1. The van der Waals surface area contributed by atoms with Crippen LogP contribution >= 0.6 is 11.6 Å². The fraction of sp³-hybridized carbons (Fsp3) is 0.167. The van der Waals surface area contributed by atoms with Crippen LogP contribution in [0.1, 0.15) is 36.1 Å². The minimum absolute atomic E-state index is 0.0707. The first-order valence-electron chi connectivity index (χ1n) is 9.47. The fourth-order valence-corrected chi connectivity index (χ4v) is 3.50.